The van der Waals surface area contributed by atoms with Crippen LogP contribution in [0.2, 0.25) is 0 Å². The molecule has 0 spiro atoms. The van der Waals surface area contributed by atoms with Crippen LogP contribution in [0.3, 0.4) is 0 Å². The first-order valence-corrected chi connectivity index (χ1v) is 12.1. The second-order valence-electron chi connectivity index (χ2n) is 9.11. The van der Waals surface area contributed by atoms with Gasteiger partial charge < -0.3 is 25.4 Å². The molecule has 3 unspecified atom stereocenters. The summed E-state index contributed by atoms with van der Waals surface area (Å²) < 4.78 is 5.28. The summed E-state index contributed by atoms with van der Waals surface area (Å²) in [7, 11) is 0. The molecule has 3 N–H and O–H groups in total. The molecule has 8 nitrogen and oxygen atoms in total. The lowest BCUT2D eigenvalue weighted by Gasteiger charge is -2.34. The maximum atomic E-state index is 13.5. The third kappa shape index (κ3) is 9.53. The Balaban J connectivity index is 3.29. The van der Waals surface area contributed by atoms with Crippen LogP contribution in [0.1, 0.15) is 72.4 Å². The Bertz CT molecular complexity index is 779. The van der Waals surface area contributed by atoms with Crippen LogP contribution in [-0.2, 0) is 14.3 Å². The minimum atomic E-state index is -0.977. The molecule has 0 bridgehead atoms. The van der Waals surface area contributed by atoms with Crippen molar-refractivity contribution in [3.8, 4) is 5.75 Å². The molecule has 3 amide bonds. The van der Waals surface area contributed by atoms with Crippen molar-refractivity contribution in [2.45, 2.75) is 84.5 Å². The molecule has 3 atom stereocenters. The van der Waals surface area contributed by atoms with Gasteiger partial charge in [0.15, 0.2) is 0 Å². The van der Waals surface area contributed by atoms with Gasteiger partial charge in [-0.25, -0.2) is 4.79 Å². The van der Waals surface area contributed by atoms with Crippen molar-refractivity contribution in [1.82, 2.24) is 15.5 Å². The number of thiol groups is 1. The Kier molecular flexibility index (Phi) is 11.6. The van der Waals surface area contributed by atoms with E-state index in [-0.39, 0.29) is 23.5 Å². The fourth-order valence-corrected chi connectivity index (χ4v) is 3.65. The second-order valence-corrected chi connectivity index (χ2v) is 9.47. The first-order chi connectivity index (χ1) is 15.4. The molecular formula is C24H39N3O5S. The molecular weight excluding hydrogens is 442 g/mol. The molecule has 0 aliphatic rings. The van der Waals surface area contributed by atoms with Gasteiger partial charge in [-0.05, 0) is 58.2 Å². The van der Waals surface area contributed by atoms with Gasteiger partial charge in [0.1, 0.15) is 23.4 Å². The maximum Gasteiger partial charge on any atom is 0.408 e. The van der Waals surface area contributed by atoms with Gasteiger partial charge in [0.2, 0.25) is 11.8 Å². The molecule has 0 aliphatic carbocycles. The van der Waals surface area contributed by atoms with Gasteiger partial charge in [0.25, 0.3) is 0 Å². The lowest BCUT2D eigenvalue weighted by Crippen LogP contribution is -2.54. The highest BCUT2D eigenvalue weighted by Crippen LogP contribution is 2.25. The summed E-state index contributed by atoms with van der Waals surface area (Å²) in [5, 5.41) is 15.3. The zero-order valence-corrected chi connectivity index (χ0v) is 21.4. The van der Waals surface area contributed by atoms with Crippen molar-refractivity contribution >= 4 is 30.5 Å². The van der Waals surface area contributed by atoms with E-state index in [1.54, 1.807) is 32.9 Å². The van der Waals surface area contributed by atoms with Crippen LogP contribution in [0.25, 0.3) is 0 Å². The topological polar surface area (TPSA) is 108 Å². The lowest BCUT2D eigenvalue weighted by molar-refractivity contribution is -0.142. The van der Waals surface area contributed by atoms with Crippen molar-refractivity contribution in [2.75, 3.05) is 12.3 Å². The summed E-state index contributed by atoms with van der Waals surface area (Å²) in [6.45, 7) is 11.3. The summed E-state index contributed by atoms with van der Waals surface area (Å²) in [5.74, 6) is -0.660. The second kappa shape index (κ2) is 13.3. The Morgan fingerprint density at radius 2 is 1.70 bits per heavy atom. The predicted molar refractivity (Wildman–Crippen MR) is 132 cm³/mol. The van der Waals surface area contributed by atoms with E-state index in [1.807, 2.05) is 20.8 Å². The summed E-state index contributed by atoms with van der Waals surface area (Å²) >= 11 is 4.26. The standard InChI is InChI=1S/C24H39N3O5S/c1-7-9-16(3)25-21(29)20(17-10-12-18(28)13-11-17)27(14-8-2)22(30)19(15-33)26-23(31)32-24(4,5)6/h10-13,16,19-20,28,33H,7-9,14-15H2,1-6H3,(H,25,29)(H,26,31). The molecule has 0 heterocycles. The first-order valence-electron chi connectivity index (χ1n) is 11.4. The van der Waals surface area contributed by atoms with E-state index >= 15 is 0 Å². The summed E-state index contributed by atoms with van der Waals surface area (Å²) in [6, 6.07) is 4.23. The molecule has 0 saturated carbocycles. The number of nitrogens with zero attached hydrogens (tertiary/aromatic N) is 1. The van der Waals surface area contributed by atoms with Gasteiger partial charge >= 0.3 is 6.09 Å². The van der Waals surface area contributed by atoms with Gasteiger partial charge in [-0.1, -0.05) is 32.4 Å². The Hall–Kier alpha value is -2.42. The number of phenolic OH excluding ortho intramolecular Hbond substituents is 1. The fourth-order valence-electron chi connectivity index (χ4n) is 3.40. The average molecular weight is 482 g/mol. The zero-order chi connectivity index (χ0) is 25.2. The van der Waals surface area contributed by atoms with E-state index in [0.29, 0.717) is 18.5 Å². The zero-order valence-electron chi connectivity index (χ0n) is 20.6. The SMILES string of the molecule is CCCC(C)NC(=O)C(c1ccc(O)cc1)N(CCC)C(=O)C(CS)NC(=O)OC(C)(C)C. The largest absolute Gasteiger partial charge is 0.508 e. The molecule has 0 aromatic heterocycles. The number of benzene rings is 1. The fraction of sp³-hybridized carbons (Fsp3) is 0.625. The Morgan fingerprint density at radius 3 is 2.18 bits per heavy atom. The average Bonchev–Trinajstić information content (AvgIpc) is 2.71. The van der Waals surface area contributed by atoms with Crippen LogP contribution < -0.4 is 10.6 Å². The number of carbonyl (C=O) groups excluding carboxylic acids is 3. The van der Waals surface area contributed by atoms with Crippen LogP contribution in [-0.4, -0.2) is 57.9 Å². The summed E-state index contributed by atoms with van der Waals surface area (Å²) in [6.07, 6.45) is 1.58. The van der Waals surface area contributed by atoms with Gasteiger partial charge in [-0.15, -0.1) is 0 Å². The van der Waals surface area contributed by atoms with Gasteiger partial charge in [-0.2, -0.15) is 12.6 Å². The highest BCUT2D eigenvalue weighted by molar-refractivity contribution is 7.80. The minimum absolute atomic E-state index is 0.0362. The predicted octanol–water partition coefficient (Wildman–Crippen LogP) is 3.80. The normalized spacial score (nSPS) is 14.0. The van der Waals surface area contributed by atoms with E-state index in [9.17, 15) is 19.5 Å². The molecule has 1 rings (SSSR count). The number of nitrogens with one attached hydrogen (secondary N) is 2. The van der Waals surface area contributed by atoms with E-state index < -0.39 is 29.7 Å². The van der Waals surface area contributed by atoms with Crippen molar-refractivity contribution in [3.05, 3.63) is 29.8 Å². The highest BCUT2D eigenvalue weighted by atomic mass is 32.1. The molecule has 0 fully saturated rings. The van der Waals surface area contributed by atoms with Crippen LogP contribution in [0.5, 0.6) is 5.75 Å². The van der Waals surface area contributed by atoms with E-state index in [4.69, 9.17) is 4.74 Å². The van der Waals surface area contributed by atoms with Crippen LogP contribution >= 0.6 is 12.6 Å². The van der Waals surface area contributed by atoms with Crippen LogP contribution in [0, 0.1) is 0 Å². The van der Waals surface area contributed by atoms with Gasteiger partial charge in [0.05, 0.1) is 0 Å². The smallest absolute Gasteiger partial charge is 0.408 e. The lowest BCUT2D eigenvalue weighted by atomic mass is 10.0. The number of rotatable bonds is 11. The number of aromatic hydroxyl groups is 1. The van der Waals surface area contributed by atoms with Crippen molar-refractivity contribution in [3.63, 3.8) is 0 Å². The summed E-state index contributed by atoms with van der Waals surface area (Å²) in [5.41, 5.74) is -0.160. The minimum Gasteiger partial charge on any atom is -0.508 e. The van der Waals surface area contributed by atoms with Gasteiger partial charge in [-0.3, -0.25) is 9.59 Å². The number of ether oxygens (including phenoxy) is 1. The van der Waals surface area contributed by atoms with Crippen LogP contribution in [0.4, 0.5) is 4.79 Å². The van der Waals surface area contributed by atoms with Crippen LogP contribution in [0.15, 0.2) is 24.3 Å². The quantitative estimate of drug-likeness (QED) is 0.360. The molecule has 186 valence electrons. The molecule has 9 heteroatoms. The molecule has 0 aliphatic heterocycles. The third-order valence-corrected chi connectivity index (χ3v) is 5.16. The Morgan fingerprint density at radius 1 is 1.09 bits per heavy atom. The number of phenols is 1. The van der Waals surface area contributed by atoms with Crippen molar-refractivity contribution in [2.24, 2.45) is 0 Å². The highest BCUT2D eigenvalue weighted by Gasteiger charge is 2.35. The molecule has 1 aromatic carbocycles. The van der Waals surface area contributed by atoms with Crippen molar-refractivity contribution < 1.29 is 24.2 Å². The first kappa shape index (κ1) is 28.6. The number of alkyl carbamates (subject to hydrolysis) is 1. The Labute approximate surface area is 202 Å². The summed E-state index contributed by atoms with van der Waals surface area (Å²) in [4.78, 5) is 40.7. The number of hydrogen-bond donors (Lipinski definition) is 4. The number of hydrogen-bond acceptors (Lipinski definition) is 6. The number of carbonyl (C=O) groups is 3. The molecule has 0 radical (unpaired) electrons. The third-order valence-electron chi connectivity index (χ3n) is 4.80. The molecule has 0 saturated heterocycles. The molecule has 1 aromatic rings. The molecule has 33 heavy (non-hydrogen) atoms. The van der Waals surface area contributed by atoms with E-state index in [0.717, 1.165) is 12.8 Å². The monoisotopic (exact) mass is 481 g/mol. The maximum absolute atomic E-state index is 13.5. The number of amides is 3. The van der Waals surface area contributed by atoms with E-state index in [1.165, 1.54) is 17.0 Å². The van der Waals surface area contributed by atoms with Gasteiger partial charge in [0, 0.05) is 18.3 Å². The van der Waals surface area contributed by atoms with E-state index in [2.05, 4.69) is 23.3 Å². The van der Waals surface area contributed by atoms with Crippen molar-refractivity contribution in [1.29, 1.82) is 0 Å².